The topological polar surface area (TPSA) is 38.9 Å². The molecular formula is C19H22N2O. The zero-order valence-electron chi connectivity index (χ0n) is 13.7. The third-order valence-electron chi connectivity index (χ3n) is 3.65. The highest BCUT2D eigenvalue weighted by Gasteiger charge is 2.14. The molecule has 0 unspecified atom stereocenters. The predicted molar refractivity (Wildman–Crippen MR) is 91.5 cm³/mol. The summed E-state index contributed by atoms with van der Waals surface area (Å²) in [5, 5.41) is 4.07. The maximum atomic E-state index is 5.44. The first-order valence-electron chi connectivity index (χ1n) is 7.49. The second kappa shape index (κ2) is 7.03. The van der Waals surface area contributed by atoms with Crippen LogP contribution >= 0.6 is 0 Å². The third-order valence-corrected chi connectivity index (χ3v) is 3.65. The van der Waals surface area contributed by atoms with Gasteiger partial charge in [0.1, 0.15) is 0 Å². The molecule has 0 amide bonds. The van der Waals surface area contributed by atoms with E-state index in [1.165, 1.54) is 5.56 Å². The first kappa shape index (κ1) is 16.0. The van der Waals surface area contributed by atoms with Gasteiger partial charge in [-0.05, 0) is 50.0 Å². The molecule has 0 atom stereocenters. The summed E-state index contributed by atoms with van der Waals surface area (Å²) in [5.41, 5.74) is 5.16. The second-order valence-corrected chi connectivity index (χ2v) is 5.28. The summed E-state index contributed by atoms with van der Waals surface area (Å²) in [7, 11) is 0. The van der Waals surface area contributed by atoms with Crippen molar-refractivity contribution in [2.45, 2.75) is 34.1 Å². The fraction of sp³-hybridized carbons (Fsp3) is 0.263. The Morgan fingerprint density at radius 2 is 2.14 bits per heavy atom. The maximum absolute atomic E-state index is 5.44. The van der Waals surface area contributed by atoms with Crippen molar-refractivity contribution >= 4 is 5.57 Å². The van der Waals surface area contributed by atoms with Gasteiger partial charge in [0.05, 0.1) is 0 Å². The second-order valence-electron chi connectivity index (χ2n) is 5.28. The van der Waals surface area contributed by atoms with Crippen LogP contribution in [-0.4, -0.2) is 10.1 Å². The zero-order chi connectivity index (χ0) is 16.1. The van der Waals surface area contributed by atoms with Crippen molar-refractivity contribution in [3.8, 4) is 11.5 Å². The minimum Gasteiger partial charge on any atom is -0.334 e. The van der Waals surface area contributed by atoms with Gasteiger partial charge in [0.2, 0.25) is 5.82 Å². The van der Waals surface area contributed by atoms with E-state index in [-0.39, 0.29) is 0 Å². The molecule has 0 radical (unpaired) electrons. The summed E-state index contributed by atoms with van der Waals surface area (Å²) in [5.74, 6) is 1.08. The maximum Gasteiger partial charge on any atom is 0.258 e. The molecule has 22 heavy (non-hydrogen) atoms. The van der Waals surface area contributed by atoms with Crippen molar-refractivity contribution in [1.82, 2.24) is 10.1 Å². The Morgan fingerprint density at radius 1 is 1.36 bits per heavy atom. The predicted octanol–water partition coefficient (Wildman–Crippen LogP) is 5.14. The van der Waals surface area contributed by atoms with Gasteiger partial charge in [-0.3, -0.25) is 0 Å². The van der Waals surface area contributed by atoms with Crippen LogP contribution in [0.1, 0.15) is 37.7 Å². The smallest absolute Gasteiger partial charge is 0.258 e. The molecule has 0 N–H and O–H groups in total. The molecule has 114 valence electrons. The van der Waals surface area contributed by atoms with Crippen molar-refractivity contribution in [2.75, 3.05) is 0 Å². The summed E-state index contributed by atoms with van der Waals surface area (Å²) in [6.07, 6.45) is 6.90. The fourth-order valence-electron chi connectivity index (χ4n) is 2.09. The minimum atomic E-state index is 0.537. The molecule has 2 aromatic rings. The lowest BCUT2D eigenvalue weighted by molar-refractivity contribution is 0.428. The van der Waals surface area contributed by atoms with Crippen LogP contribution in [0.3, 0.4) is 0 Å². The Labute approximate surface area is 132 Å². The van der Waals surface area contributed by atoms with E-state index in [4.69, 9.17) is 4.52 Å². The number of aryl methyl sites for hydroxylation is 2. The molecule has 0 bridgehead atoms. The van der Waals surface area contributed by atoms with Gasteiger partial charge in [0.25, 0.3) is 5.89 Å². The van der Waals surface area contributed by atoms with Crippen molar-refractivity contribution < 1.29 is 4.52 Å². The minimum absolute atomic E-state index is 0.537. The molecule has 1 aromatic heterocycles. The zero-order valence-corrected chi connectivity index (χ0v) is 13.7. The molecule has 0 saturated carbocycles. The average Bonchev–Trinajstić information content (AvgIpc) is 3.02. The van der Waals surface area contributed by atoms with Crippen LogP contribution in [0.2, 0.25) is 0 Å². The SMILES string of the molecule is C=C(/C(C)=C\C=C/C)c1noc(-c2cc(CC)ccc2C)n1. The number of benzene rings is 1. The Hall–Kier alpha value is -2.42. The summed E-state index contributed by atoms with van der Waals surface area (Å²) in [4.78, 5) is 4.50. The fourth-order valence-corrected chi connectivity index (χ4v) is 2.09. The van der Waals surface area contributed by atoms with E-state index in [2.05, 4.69) is 41.8 Å². The molecule has 0 aliphatic heterocycles. The van der Waals surface area contributed by atoms with E-state index >= 15 is 0 Å². The van der Waals surface area contributed by atoms with Gasteiger partial charge in [-0.2, -0.15) is 4.98 Å². The molecule has 0 aliphatic carbocycles. The summed E-state index contributed by atoms with van der Waals surface area (Å²) in [6.45, 7) is 12.2. The van der Waals surface area contributed by atoms with Crippen molar-refractivity contribution in [1.29, 1.82) is 0 Å². The summed E-state index contributed by atoms with van der Waals surface area (Å²) in [6, 6.07) is 6.32. The Balaban J connectivity index is 2.34. The standard InChI is InChI=1S/C19H22N2O/c1-6-8-9-13(3)15(5)18-20-19(22-21-18)17-12-16(7-2)11-10-14(17)4/h6,8-12H,5,7H2,1-4H3/b8-6-,13-9-. The van der Waals surface area contributed by atoms with E-state index in [9.17, 15) is 0 Å². The first-order valence-corrected chi connectivity index (χ1v) is 7.49. The van der Waals surface area contributed by atoms with Crippen LogP contribution in [0.15, 0.2) is 53.1 Å². The molecular weight excluding hydrogens is 272 g/mol. The number of hydrogen-bond acceptors (Lipinski definition) is 3. The largest absolute Gasteiger partial charge is 0.334 e. The van der Waals surface area contributed by atoms with E-state index in [0.29, 0.717) is 11.7 Å². The molecule has 0 saturated heterocycles. The molecule has 1 aromatic carbocycles. The van der Waals surface area contributed by atoms with Gasteiger partial charge in [-0.15, -0.1) is 0 Å². The Kier molecular flexibility index (Phi) is 5.10. The molecule has 0 spiro atoms. The quantitative estimate of drug-likeness (QED) is 0.716. The molecule has 0 fully saturated rings. The van der Waals surface area contributed by atoms with E-state index in [1.54, 1.807) is 0 Å². The van der Waals surface area contributed by atoms with Gasteiger partial charge in [-0.25, -0.2) is 0 Å². The monoisotopic (exact) mass is 294 g/mol. The van der Waals surface area contributed by atoms with Gasteiger partial charge in [0, 0.05) is 11.1 Å². The molecule has 0 aliphatic rings. The lowest BCUT2D eigenvalue weighted by Gasteiger charge is -2.03. The first-order chi connectivity index (χ1) is 10.6. The Morgan fingerprint density at radius 3 is 2.82 bits per heavy atom. The highest BCUT2D eigenvalue weighted by molar-refractivity contribution is 5.73. The van der Waals surface area contributed by atoms with Gasteiger partial charge in [-0.1, -0.05) is 49.0 Å². The molecule has 2 rings (SSSR count). The van der Waals surface area contributed by atoms with Crippen LogP contribution < -0.4 is 0 Å². The van der Waals surface area contributed by atoms with Crippen LogP contribution in [-0.2, 0) is 6.42 Å². The number of hydrogen-bond donors (Lipinski definition) is 0. The van der Waals surface area contributed by atoms with Crippen LogP contribution in [0.4, 0.5) is 0 Å². The van der Waals surface area contributed by atoms with E-state index < -0.39 is 0 Å². The summed E-state index contributed by atoms with van der Waals surface area (Å²) >= 11 is 0. The van der Waals surface area contributed by atoms with Crippen LogP contribution in [0, 0.1) is 6.92 Å². The Bertz CT molecular complexity index is 736. The highest BCUT2D eigenvalue weighted by atomic mass is 16.5. The third kappa shape index (κ3) is 3.42. The van der Waals surface area contributed by atoms with Crippen molar-refractivity contribution in [3.63, 3.8) is 0 Å². The van der Waals surface area contributed by atoms with E-state index in [0.717, 1.165) is 28.7 Å². The van der Waals surface area contributed by atoms with E-state index in [1.807, 2.05) is 39.0 Å². The van der Waals surface area contributed by atoms with Gasteiger partial charge >= 0.3 is 0 Å². The number of allylic oxidation sites excluding steroid dienone is 5. The molecule has 3 nitrogen and oxygen atoms in total. The molecule has 3 heteroatoms. The van der Waals surface area contributed by atoms with Gasteiger partial charge < -0.3 is 4.52 Å². The number of aromatic nitrogens is 2. The molecule has 1 heterocycles. The van der Waals surface area contributed by atoms with Crippen LogP contribution in [0.5, 0.6) is 0 Å². The van der Waals surface area contributed by atoms with Crippen LogP contribution in [0.25, 0.3) is 17.0 Å². The van der Waals surface area contributed by atoms with Crippen molar-refractivity contribution in [3.05, 3.63) is 65.5 Å². The van der Waals surface area contributed by atoms with Crippen molar-refractivity contribution in [2.24, 2.45) is 0 Å². The lowest BCUT2D eigenvalue weighted by atomic mass is 10.0. The highest BCUT2D eigenvalue weighted by Crippen LogP contribution is 2.26. The lowest BCUT2D eigenvalue weighted by Crippen LogP contribution is -1.90. The number of rotatable bonds is 5. The average molecular weight is 294 g/mol. The normalized spacial score (nSPS) is 12.1. The van der Waals surface area contributed by atoms with Gasteiger partial charge in [0.15, 0.2) is 0 Å². The number of nitrogens with zero attached hydrogens (tertiary/aromatic N) is 2. The summed E-state index contributed by atoms with van der Waals surface area (Å²) < 4.78 is 5.44.